The van der Waals surface area contributed by atoms with Crippen molar-refractivity contribution in [2.75, 3.05) is 20.1 Å². The number of likely N-dealkylation sites (tertiary alicyclic amines) is 1. The van der Waals surface area contributed by atoms with Gasteiger partial charge in [0.1, 0.15) is 0 Å². The Hall–Kier alpha value is -0.380. The van der Waals surface area contributed by atoms with Gasteiger partial charge in [0, 0.05) is 36.5 Å². The monoisotopic (exact) mass is 194 g/mol. The molecule has 1 fully saturated rings. The minimum atomic E-state index is 0.701. The van der Waals surface area contributed by atoms with E-state index >= 15 is 0 Å². The van der Waals surface area contributed by atoms with E-state index in [4.69, 9.17) is 0 Å². The van der Waals surface area contributed by atoms with Gasteiger partial charge in [-0.05, 0) is 24.1 Å². The molecule has 1 N–H and O–H groups in total. The molecule has 1 aromatic rings. The van der Waals surface area contributed by atoms with Crippen LogP contribution < -0.4 is 5.32 Å². The minimum Gasteiger partial charge on any atom is -0.307 e. The van der Waals surface area contributed by atoms with Crippen LogP contribution in [0.5, 0.6) is 0 Å². The molecule has 2 unspecified atom stereocenters. The fourth-order valence-corrected chi connectivity index (χ4v) is 3.47. The number of thiophene rings is 1. The lowest BCUT2D eigenvalue weighted by atomic mass is 9.92. The van der Waals surface area contributed by atoms with Crippen LogP contribution in [0.2, 0.25) is 0 Å². The van der Waals surface area contributed by atoms with Gasteiger partial charge >= 0.3 is 0 Å². The number of hydrogen-bond acceptors (Lipinski definition) is 3. The topological polar surface area (TPSA) is 15.3 Å². The summed E-state index contributed by atoms with van der Waals surface area (Å²) in [7, 11) is 2.21. The summed E-state index contributed by atoms with van der Waals surface area (Å²) in [6, 6.07) is 3.02. The predicted octanol–water partition coefficient (Wildman–Crippen LogP) is 1.25. The summed E-state index contributed by atoms with van der Waals surface area (Å²) in [4.78, 5) is 3.98. The molecule has 2 nitrogen and oxygen atoms in total. The second kappa shape index (κ2) is 2.80. The van der Waals surface area contributed by atoms with E-state index in [-0.39, 0.29) is 0 Å². The summed E-state index contributed by atoms with van der Waals surface area (Å²) in [5, 5.41) is 5.85. The van der Waals surface area contributed by atoms with Gasteiger partial charge in [0.05, 0.1) is 0 Å². The van der Waals surface area contributed by atoms with E-state index in [0.29, 0.717) is 6.04 Å². The summed E-state index contributed by atoms with van der Waals surface area (Å²) < 4.78 is 0. The first-order chi connectivity index (χ1) is 6.34. The number of nitrogens with one attached hydrogen (secondary N) is 1. The van der Waals surface area contributed by atoms with Crippen molar-refractivity contribution in [3.63, 3.8) is 0 Å². The van der Waals surface area contributed by atoms with Crippen molar-refractivity contribution in [1.29, 1.82) is 0 Å². The molecule has 0 aromatic carbocycles. The smallest absolute Gasteiger partial charge is 0.0305 e. The van der Waals surface area contributed by atoms with Gasteiger partial charge in [-0.25, -0.2) is 0 Å². The zero-order valence-corrected chi connectivity index (χ0v) is 8.60. The molecule has 0 bridgehead atoms. The molecule has 2 aliphatic heterocycles. The number of rotatable bonds is 0. The zero-order chi connectivity index (χ0) is 8.84. The quantitative estimate of drug-likeness (QED) is 0.668. The minimum absolute atomic E-state index is 0.701. The molecule has 3 heterocycles. The van der Waals surface area contributed by atoms with Crippen molar-refractivity contribution in [2.45, 2.75) is 18.5 Å². The lowest BCUT2D eigenvalue weighted by molar-refractivity contribution is 0.398. The van der Waals surface area contributed by atoms with Crippen LogP contribution in [0.4, 0.5) is 0 Å². The van der Waals surface area contributed by atoms with Crippen LogP contribution in [0, 0.1) is 0 Å². The van der Waals surface area contributed by atoms with E-state index < -0.39 is 0 Å². The maximum Gasteiger partial charge on any atom is 0.0305 e. The van der Waals surface area contributed by atoms with E-state index in [1.54, 1.807) is 10.4 Å². The summed E-state index contributed by atoms with van der Waals surface area (Å²) in [6.45, 7) is 3.52. The van der Waals surface area contributed by atoms with Crippen molar-refractivity contribution in [2.24, 2.45) is 0 Å². The van der Waals surface area contributed by atoms with Gasteiger partial charge in [0.2, 0.25) is 0 Å². The molecule has 2 aliphatic rings. The van der Waals surface area contributed by atoms with Crippen molar-refractivity contribution in [3.8, 4) is 0 Å². The Kier molecular flexibility index (Phi) is 1.72. The number of fused-ring (bicyclic) bond motifs is 3. The molecule has 0 amide bonds. The first-order valence-corrected chi connectivity index (χ1v) is 5.71. The molecule has 0 aliphatic carbocycles. The highest BCUT2D eigenvalue weighted by atomic mass is 32.1. The molecule has 2 atom stereocenters. The van der Waals surface area contributed by atoms with Crippen LogP contribution in [-0.4, -0.2) is 31.1 Å². The average Bonchev–Trinajstić information content (AvgIpc) is 2.65. The molecular formula is C10H14N2S. The van der Waals surface area contributed by atoms with Gasteiger partial charge in [0.15, 0.2) is 0 Å². The van der Waals surface area contributed by atoms with Gasteiger partial charge in [-0.3, -0.25) is 0 Å². The number of likely N-dealkylation sites (N-methyl/N-ethyl adjacent to an activating group) is 1. The number of nitrogens with zero attached hydrogens (tertiary/aromatic N) is 1. The van der Waals surface area contributed by atoms with E-state index in [9.17, 15) is 0 Å². The molecule has 1 aromatic heterocycles. The van der Waals surface area contributed by atoms with Crippen molar-refractivity contribution in [1.82, 2.24) is 10.2 Å². The van der Waals surface area contributed by atoms with Crippen LogP contribution in [0.15, 0.2) is 11.4 Å². The molecule has 70 valence electrons. The highest BCUT2D eigenvalue weighted by Gasteiger charge is 2.36. The predicted molar refractivity (Wildman–Crippen MR) is 55.2 cm³/mol. The third kappa shape index (κ3) is 1.15. The largest absolute Gasteiger partial charge is 0.307 e. The first kappa shape index (κ1) is 7.97. The van der Waals surface area contributed by atoms with Gasteiger partial charge in [0.25, 0.3) is 0 Å². The van der Waals surface area contributed by atoms with Gasteiger partial charge in [-0.15, -0.1) is 11.3 Å². The standard InChI is InChI=1S/C10H14N2S/c1-12-5-8-7-2-3-13-10(7)4-11-9(8)6-12/h2-3,8-9,11H,4-6H2,1H3. The fourth-order valence-electron chi connectivity index (χ4n) is 2.57. The normalized spacial score (nSPS) is 33.0. The highest BCUT2D eigenvalue weighted by molar-refractivity contribution is 7.10. The average molecular weight is 194 g/mol. The molecule has 0 spiro atoms. The Morgan fingerprint density at radius 3 is 3.38 bits per heavy atom. The summed E-state index contributed by atoms with van der Waals surface area (Å²) in [5.41, 5.74) is 1.61. The molecular weight excluding hydrogens is 180 g/mol. The van der Waals surface area contributed by atoms with Crippen molar-refractivity contribution < 1.29 is 0 Å². The summed E-state index contributed by atoms with van der Waals surface area (Å²) in [6.07, 6.45) is 0. The second-order valence-corrected chi connectivity index (χ2v) is 5.11. The zero-order valence-electron chi connectivity index (χ0n) is 7.79. The SMILES string of the molecule is CN1CC2NCc3sccc3C2C1. The molecule has 13 heavy (non-hydrogen) atoms. The van der Waals surface area contributed by atoms with E-state index in [0.717, 1.165) is 12.5 Å². The summed E-state index contributed by atoms with van der Waals surface area (Å²) in [5.74, 6) is 0.750. The Bertz CT molecular complexity index is 320. The number of hydrogen-bond donors (Lipinski definition) is 1. The molecule has 1 saturated heterocycles. The molecule has 0 radical (unpaired) electrons. The van der Waals surface area contributed by atoms with E-state index in [1.807, 2.05) is 11.3 Å². The van der Waals surface area contributed by atoms with Gasteiger partial charge in [-0.1, -0.05) is 0 Å². The summed E-state index contributed by atoms with van der Waals surface area (Å²) >= 11 is 1.89. The third-order valence-electron chi connectivity index (χ3n) is 3.21. The van der Waals surface area contributed by atoms with Crippen LogP contribution >= 0.6 is 11.3 Å². The molecule has 0 saturated carbocycles. The van der Waals surface area contributed by atoms with Crippen LogP contribution in [0.1, 0.15) is 16.4 Å². The van der Waals surface area contributed by atoms with E-state index in [1.165, 1.54) is 13.1 Å². The Labute approximate surface area is 82.6 Å². The van der Waals surface area contributed by atoms with Gasteiger partial charge < -0.3 is 10.2 Å². The third-order valence-corrected chi connectivity index (χ3v) is 4.14. The first-order valence-electron chi connectivity index (χ1n) is 4.83. The molecule has 3 rings (SSSR count). The Balaban J connectivity index is 1.99. The Morgan fingerprint density at radius 2 is 2.46 bits per heavy atom. The highest BCUT2D eigenvalue weighted by Crippen LogP contribution is 2.35. The van der Waals surface area contributed by atoms with Crippen LogP contribution in [0.25, 0.3) is 0 Å². The van der Waals surface area contributed by atoms with Gasteiger partial charge in [-0.2, -0.15) is 0 Å². The Morgan fingerprint density at radius 1 is 1.54 bits per heavy atom. The van der Waals surface area contributed by atoms with Crippen molar-refractivity contribution in [3.05, 3.63) is 21.9 Å². The van der Waals surface area contributed by atoms with Crippen LogP contribution in [0.3, 0.4) is 0 Å². The second-order valence-electron chi connectivity index (χ2n) is 4.11. The van der Waals surface area contributed by atoms with Crippen molar-refractivity contribution >= 4 is 11.3 Å². The maximum atomic E-state index is 3.62. The fraction of sp³-hybridized carbons (Fsp3) is 0.600. The van der Waals surface area contributed by atoms with E-state index in [2.05, 4.69) is 28.7 Å². The van der Waals surface area contributed by atoms with Crippen LogP contribution in [-0.2, 0) is 6.54 Å². The maximum absolute atomic E-state index is 3.62. The molecule has 3 heteroatoms. The lowest BCUT2D eigenvalue weighted by Gasteiger charge is -2.25. The lowest BCUT2D eigenvalue weighted by Crippen LogP contribution is -2.38.